The Labute approximate surface area is 235 Å². The van der Waals surface area contributed by atoms with Crippen molar-refractivity contribution >= 4 is 45.1 Å². The maximum absolute atomic E-state index is 13.3. The highest BCUT2D eigenvalue weighted by Crippen LogP contribution is 2.37. The minimum Gasteiger partial charge on any atom is -0.351 e. The fourth-order valence-corrected chi connectivity index (χ4v) is 6.75. The average Bonchev–Trinajstić information content (AvgIpc) is 3.17. The molecule has 3 N–H and O–H groups in total. The first-order chi connectivity index (χ1) is 18.5. The lowest BCUT2D eigenvalue weighted by Gasteiger charge is -2.34. The summed E-state index contributed by atoms with van der Waals surface area (Å²) in [5.41, 5.74) is 6.24. The maximum atomic E-state index is 13.3. The number of aliphatic imine (C=N–C) groups is 1. The van der Waals surface area contributed by atoms with E-state index in [-0.39, 0.29) is 49.5 Å². The number of amides is 3. The number of alkyl halides is 3. The number of hydrogen-bond donors (Lipinski definition) is 2. The van der Waals surface area contributed by atoms with Gasteiger partial charge >= 0.3 is 12.2 Å². The van der Waals surface area contributed by atoms with Crippen molar-refractivity contribution in [3.05, 3.63) is 63.2 Å². The summed E-state index contributed by atoms with van der Waals surface area (Å²) in [5, 5.41) is 2.10. The maximum Gasteiger partial charge on any atom is 0.417 e. The Kier molecular flexibility index (Phi) is 7.96. The molecular weight excluding hydrogens is 571 g/mol. The van der Waals surface area contributed by atoms with Gasteiger partial charge in [-0.15, -0.1) is 0 Å². The summed E-state index contributed by atoms with van der Waals surface area (Å²) in [4.78, 5) is 30.1. The lowest BCUT2D eigenvalue weighted by molar-refractivity contribution is -0.137. The van der Waals surface area contributed by atoms with Crippen LogP contribution in [0.25, 0.3) is 0 Å². The number of carbonyl (C=O) groups is 2. The van der Waals surface area contributed by atoms with Crippen LogP contribution in [0.4, 0.5) is 23.7 Å². The third-order valence-electron chi connectivity index (χ3n) is 7.48. The number of nitrogens with zero attached hydrogens (tertiary/aromatic N) is 3. The summed E-state index contributed by atoms with van der Waals surface area (Å²) in [6.07, 6.45) is -4.24. The number of halogens is 4. The van der Waals surface area contributed by atoms with Crippen LogP contribution in [0.1, 0.15) is 40.7 Å². The van der Waals surface area contributed by atoms with Crippen LogP contribution in [-0.2, 0) is 27.4 Å². The number of piperidine rings is 1. The first-order valence-corrected chi connectivity index (χ1v) is 14.4. The van der Waals surface area contributed by atoms with Crippen LogP contribution in [0, 0.1) is 13.8 Å². The van der Waals surface area contributed by atoms with Gasteiger partial charge in [-0.3, -0.25) is 14.7 Å². The molecule has 2 aliphatic rings. The van der Waals surface area contributed by atoms with Crippen molar-refractivity contribution < 1.29 is 31.2 Å². The molecule has 2 heterocycles. The number of primary amides is 1. The van der Waals surface area contributed by atoms with Gasteiger partial charge in [-0.05, 0) is 80.1 Å². The van der Waals surface area contributed by atoms with Crippen LogP contribution in [0.15, 0.2) is 35.3 Å². The smallest absolute Gasteiger partial charge is 0.351 e. The van der Waals surface area contributed by atoms with E-state index in [4.69, 9.17) is 17.3 Å². The number of rotatable bonds is 6. The van der Waals surface area contributed by atoms with Gasteiger partial charge in [0.25, 0.3) is 5.91 Å². The van der Waals surface area contributed by atoms with Crippen molar-refractivity contribution in [2.45, 2.75) is 44.8 Å². The van der Waals surface area contributed by atoms with Crippen LogP contribution < -0.4 is 16.0 Å². The van der Waals surface area contributed by atoms with E-state index in [1.807, 2.05) is 13.8 Å². The Morgan fingerprint density at radius 2 is 1.77 bits per heavy atom. The number of carbonyl (C=O) groups excluding carboxylic acids is 2. The minimum atomic E-state index is -4.67. The van der Waals surface area contributed by atoms with Crippen LogP contribution in [0.5, 0.6) is 0 Å². The lowest BCUT2D eigenvalue weighted by atomic mass is 9.89. The quantitative estimate of drug-likeness (QED) is 0.524. The third kappa shape index (κ3) is 5.81. The van der Waals surface area contributed by atoms with Crippen molar-refractivity contribution in [2.75, 3.05) is 30.8 Å². The number of benzene rings is 2. The van der Waals surface area contributed by atoms with Gasteiger partial charge in [0.1, 0.15) is 11.4 Å². The largest absolute Gasteiger partial charge is 0.417 e. The molecule has 2 aromatic rings. The molecule has 3 amide bonds. The Balaban J connectivity index is 1.45. The zero-order chi connectivity index (χ0) is 29.6. The van der Waals surface area contributed by atoms with Crippen molar-refractivity contribution in [2.24, 2.45) is 10.7 Å². The zero-order valence-electron chi connectivity index (χ0n) is 22.1. The summed E-state index contributed by atoms with van der Waals surface area (Å²) >= 11 is 5.70. The highest BCUT2D eigenvalue weighted by atomic mass is 35.5. The normalized spacial score (nSPS) is 17.6. The summed E-state index contributed by atoms with van der Waals surface area (Å²) in [6, 6.07) is 6.22. The molecule has 0 aliphatic carbocycles. The highest BCUT2D eigenvalue weighted by Gasteiger charge is 2.47. The number of nitrogens with one attached hydrogen (secondary N) is 1. The molecule has 0 unspecified atom stereocenters. The molecule has 4 rings (SSSR count). The minimum absolute atomic E-state index is 0.000137. The molecule has 0 saturated carbocycles. The van der Waals surface area contributed by atoms with Gasteiger partial charge in [-0.1, -0.05) is 11.6 Å². The van der Waals surface area contributed by atoms with E-state index in [9.17, 15) is 31.2 Å². The van der Waals surface area contributed by atoms with E-state index >= 15 is 0 Å². The van der Waals surface area contributed by atoms with Gasteiger partial charge in [0.2, 0.25) is 10.0 Å². The van der Waals surface area contributed by atoms with Crippen molar-refractivity contribution in [1.82, 2.24) is 9.62 Å². The first kappa shape index (κ1) is 29.8. The van der Waals surface area contributed by atoms with E-state index in [2.05, 4.69) is 10.3 Å². The van der Waals surface area contributed by atoms with Gasteiger partial charge < -0.3 is 11.1 Å². The van der Waals surface area contributed by atoms with Crippen molar-refractivity contribution in [3.8, 4) is 0 Å². The first-order valence-electron chi connectivity index (χ1n) is 12.4. The molecule has 9 nitrogen and oxygen atoms in total. The molecule has 216 valence electrons. The van der Waals surface area contributed by atoms with Gasteiger partial charge in [0.15, 0.2) is 0 Å². The third-order valence-corrected chi connectivity index (χ3v) is 9.68. The number of aryl methyl sites for hydroxylation is 2. The van der Waals surface area contributed by atoms with Gasteiger partial charge in [0, 0.05) is 31.4 Å². The standard InChI is InChI=1S/C26H29ClF3N5O4S/c1-15-12-18(34(3)24(31)37)13-16(2)19(15)6-11-40(38,39)35-9-7-25(8-10-35)23(36)32-22(33-25)17-4-5-21(27)20(14-17)26(28,29)30/h4-5,12-14H,6-11H2,1-3H3,(H2,31,37)(H,32,33,36). The van der Waals surface area contributed by atoms with E-state index in [1.54, 1.807) is 19.2 Å². The second-order valence-corrected chi connectivity index (χ2v) is 12.6. The topological polar surface area (TPSA) is 125 Å². The Bertz CT molecular complexity index is 1480. The van der Waals surface area contributed by atoms with E-state index in [1.165, 1.54) is 15.3 Å². The molecule has 0 aromatic heterocycles. The van der Waals surface area contributed by atoms with Crippen LogP contribution in [0.2, 0.25) is 5.02 Å². The molecule has 1 fully saturated rings. The predicted octanol–water partition coefficient (Wildman–Crippen LogP) is 3.77. The molecule has 40 heavy (non-hydrogen) atoms. The van der Waals surface area contributed by atoms with Gasteiger partial charge in [0.05, 0.1) is 16.3 Å². The Morgan fingerprint density at radius 1 is 1.18 bits per heavy atom. The molecule has 0 atom stereocenters. The molecule has 1 spiro atoms. The number of sulfonamides is 1. The molecule has 2 aromatic carbocycles. The monoisotopic (exact) mass is 599 g/mol. The van der Waals surface area contributed by atoms with E-state index in [0.717, 1.165) is 28.8 Å². The fraction of sp³-hybridized carbons (Fsp3) is 0.423. The number of amidine groups is 1. The van der Waals surface area contributed by atoms with Gasteiger partial charge in [-0.25, -0.2) is 17.5 Å². The van der Waals surface area contributed by atoms with Crippen LogP contribution in [-0.4, -0.2) is 61.9 Å². The summed E-state index contributed by atoms with van der Waals surface area (Å²) in [5.74, 6) is -0.631. The summed E-state index contributed by atoms with van der Waals surface area (Å²) in [6.45, 7) is 3.76. The Morgan fingerprint density at radius 3 is 2.33 bits per heavy atom. The molecule has 0 bridgehead atoms. The SMILES string of the molecule is Cc1cc(N(C)C(N)=O)cc(C)c1CCS(=O)(=O)N1CCC2(CC1)N=C(c1ccc(Cl)c(C(F)(F)F)c1)NC2=O. The molecule has 0 radical (unpaired) electrons. The number of nitrogens with two attached hydrogens (primary N) is 1. The van der Waals surface area contributed by atoms with Crippen LogP contribution in [0.3, 0.4) is 0 Å². The average molecular weight is 600 g/mol. The van der Waals surface area contributed by atoms with Crippen molar-refractivity contribution in [3.63, 3.8) is 0 Å². The predicted molar refractivity (Wildman–Crippen MR) is 146 cm³/mol. The van der Waals surface area contributed by atoms with E-state index in [0.29, 0.717) is 5.69 Å². The molecule has 14 heteroatoms. The molecular formula is C26H29ClF3N5O4S. The lowest BCUT2D eigenvalue weighted by Crippen LogP contribution is -2.50. The van der Waals surface area contributed by atoms with Crippen LogP contribution >= 0.6 is 11.6 Å². The second-order valence-electron chi connectivity index (χ2n) is 10.1. The Hall–Kier alpha value is -3.16. The molecule has 1 saturated heterocycles. The van der Waals surface area contributed by atoms with Gasteiger partial charge in [-0.2, -0.15) is 13.2 Å². The summed E-state index contributed by atoms with van der Waals surface area (Å²) < 4.78 is 67.6. The number of urea groups is 1. The second kappa shape index (κ2) is 10.7. The fourth-order valence-electron chi connectivity index (χ4n) is 5.06. The van der Waals surface area contributed by atoms with Crippen molar-refractivity contribution in [1.29, 1.82) is 0 Å². The zero-order valence-corrected chi connectivity index (χ0v) is 23.7. The van der Waals surface area contributed by atoms with E-state index < -0.39 is 44.3 Å². The number of anilines is 1. The summed E-state index contributed by atoms with van der Waals surface area (Å²) in [7, 11) is -2.13. The highest BCUT2D eigenvalue weighted by molar-refractivity contribution is 7.89. The molecule has 2 aliphatic heterocycles. The number of hydrogen-bond acceptors (Lipinski definition) is 5.